The number of carboxylic acids is 1. The third-order valence-corrected chi connectivity index (χ3v) is 6.25. The van der Waals surface area contributed by atoms with Gasteiger partial charge in [-0.1, -0.05) is 18.2 Å². The quantitative estimate of drug-likeness (QED) is 0.380. The molecule has 37 heavy (non-hydrogen) atoms. The summed E-state index contributed by atoms with van der Waals surface area (Å²) in [6.45, 7) is 0.691. The fourth-order valence-electron chi connectivity index (χ4n) is 4.42. The second-order valence-electron chi connectivity index (χ2n) is 8.74. The Kier molecular flexibility index (Phi) is 6.24. The Labute approximate surface area is 211 Å². The summed E-state index contributed by atoms with van der Waals surface area (Å²) in [5.41, 5.74) is 1.16. The summed E-state index contributed by atoms with van der Waals surface area (Å²) in [5, 5.41) is 17.8. The number of fused-ring (bicyclic) bond motifs is 1. The fourth-order valence-corrected chi connectivity index (χ4v) is 4.42. The van der Waals surface area contributed by atoms with Crippen LogP contribution < -0.4 is 20.9 Å². The average Bonchev–Trinajstić information content (AvgIpc) is 3.51. The maximum absolute atomic E-state index is 13.2. The van der Waals surface area contributed by atoms with E-state index in [9.17, 15) is 29.1 Å². The Morgan fingerprint density at radius 1 is 0.865 bits per heavy atom. The van der Waals surface area contributed by atoms with Crippen molar-refractivity contribution in [1.29, 1.82) is 0 Å². The molecular formula is C27H22N4O6. The van der Waals surface area contributed by atoms with Crippen LogP contribution in [0.4, 0.5) is 17.1 Å². The summed E-state index contributed by atoms with van der Waals surface area (Å²) in [4.78, 5) is 64.2. The lowest BCUT2D eigenvalue weighted by molar-refractivity contribution is -0.121. The van der Waals surface area contributed by atoms with Crippen LogP contribution in [0.15, 0.2) is 66.7 Å². The smallest absolute Gasteiger partial charge is 0.335 e. The Bertz CT molecular complexity index is 1450. The molecule has 186 valence electrons. The second kappa shape index (κ2) is 9.67. The first-order valence-corrected chi connectivity index (χ1v) is 11.6. The van der Waals surface area contributed by atoms with E-state index in [1.54, 1.807) is 12.1 Å². The Morgan fingerprint density at radius 2 is 1.62 bits per heavy atom. The van der Waals surface area contributed by atoms with E-state index in [2.05, 4.69) is 16.0 Å². The predicted molar refractivity (Wildman–Crippen MR) is 134 cm³/mol. The van der Waals surface area contributed by atoms with Gasteiger partial charge in [0.05, 0.1) is 28.4 Å². The molecule has 1 fully saturated rings. The molecule has 5 rings (SSSR count). The van der Waals surface area contributed by atoms with Crippen molar-refractivity contribution in [2.45, 2.75) is 18.9 Å². The van der Waals surface area contributed by atoms with Crippen LogP contribution in [-0.4, -0.2) is 47.3 Å². The molecular weight excluding hydrogens is 476 g/mol. The van der Waals surface area contributed by atoms with E-state index in [1.807, 2.05) is 18.2 Å². The standard InChI is InChI=1S/C27H22N4O6/c32-23(30-24(33)22-7-4-10-28-22)16-11-18(29-17-5-2-1-3-6-17)14-19(12-16)31-25(34)20-9-8-15(27(36)37)13-21(20)26(31)35/h1-3,5-6,8-9,11-14,22,28-29H,4,7,10H2,(H,36,37)(H,30,32,33)/t22-/m0/s1. The van der Waals surface area contributed by atoms with E-state index < -0.39 is 35.6 Å². The van der Waals surface area contributed by atoms with Crippen LogP contribution in [0.1, 0.15) is 54.3 Å². The minimum Gasteiger partial charge on any atom is -0.478 e. The SMILES string of the molecule is O=C(O)c1ccc2c(c1)C(=O)N(c1cc(Nc3ccccc3)cc(C(=O)NC(=O)[C@@H]3CCCN3)c1)C2=O. The predicted octanol–water partition coefficient (Wildman–Crippen LogP) is 2.94. The number of carbonyl (C=O) groups excluding carboxylic acids is 4. The van der Waals surface area contributed by atoms with Crippen LogP contribution in [0, 0.1) is 0 Å². The fraction of sp³-hybridized carbons (Fsp3) is 0.148. The van der Waals surface area contributed by atoms with Crippen molar-refractivity contribution in [3.8, 4) is 0 Å². The Balaban J connectivity index is 1.51. The van der Waals surface area contributed by atoms with Gasteiger partial charge < -0.3 is 15.7 Å². The second-order valence-corrected chi connectivity index (χ2v) is 8.74. The molecule has 0 aromatic heterocycles. The molecule has 2 aliphatic heterocycles. The number of carbonyl (C=O) groups is 5. The number of rotatable bonds is 6. The summed E-state index contributed by atoms with van der Waals surface area (Å²) < 4.78 is 0. The summed E-state index contributed by atoms with van der Waals surface area (Å²) in [7, 11) is 0. The van der Waals surface area contributed by atoms with Crippen molar-refractivity contribution in [3.63, 3.8) is 0 Å². The van der Waals surface area contributed by atoms with Crippen molar-refractivity contribution in [3.05, 3.63) is 89.0 Å². The molecule has 0 saturated carbocycles. The number of para-hydroxylation sites is 1. The molecule has 1 atom stereocenters. The number of amides is 4. The van der Waals surface area contributed by atoms with Crippen LogP contribution in [0.3, 0.4) is 0 Å². The zero-order valence-electron chi connectivity index (χ0n) is 19.5. The number of carboxylic acid groups (broad SMARTS) is 1. The van der Waals surface area contributed by atoms with Crippen LogP contribution >= 0.6 is 0 Å². The van der Waals surface area contributed by atoms with Gasteiger partial charge in [0.15, 0.2) is 0 Å². The van der Waals surface area contributed by atoms with Crippen molar-refractivity contribution in [2.75, 3.05) is 16.8 Å². The van der Waals surface area contributed by atoms with Gasteiger partial charge in [-0.2, -0.15) is 0 Å². The molecule has 3 aromatic carbocycles. The molecule has 4 N–H and O–H groups in total. The molecule has 0 aliphatic carbocycles. The first kappa shape index (κ1) is 23.9. The maximum Gasteiger partial charge on any atom is 0.335 e. The highest BCUT2D eigenvalue weighted by Gasteiger charge is 2.38. The van der Waals surface area contributed by atoms with E-state index in [0.29, 0.717) is 24.3 Å². The van der Waals surface area contributed by atoms with Crippen molar-refractivity contribution in [2.24, 2.45) is 0 Å². The Hall–Kier alpha value is -4.83. The van der Waals surface area contributed by atoms with Gasteiger partial charge in [0.25, 0.3) is 17.7 Å². The van der Waals surface area contributed by atoms with Gasteiger partial charge in [0, 0.05) is 16.9 Å². The molecule has 4 amide bonds. The molecule has 10 nitrogen and oxygen atoms in total. The normalized spacial score (nSPS) is 16.4. The summed E-state index contributed by atoms with van der Waals surface area (Å²) in [6, 6.07) is 16.7. The zero-order chi connectivity index (χ0) is 26.1. The number of hydrogen-bond acceptors (Lipinski definition) is 7. The molecule has 1 saturated heterocycles. The zero-order valence-corrected chi connectivity index (χ0v) is 19.5. The maximum atomic E-state index is 13.2. The number of imide groups is 2. The minimum absolute atomic E-state index is 0.0418. The molecule has 10 heteroatoms. The van der Waals surface area contributed by atoms with E-state index >= 15 is 0 Å². The minimum atomic E-state index is -1.23. The largest absolute Gasteiger partial charge is 0.478 e. The molecule has 3 aromatic rings. The van der Waals surface area contributed by atoms with Crippen molar-refractivity contribution in [1.82, 2.24) is 10.6 Å². The van der Waals surface area contributed by atoms with Gasteiger partial charge in [0.2, 0.25) is 5.91 Å². The van der Waals surface area contributed by atoms with Crippen LogP contribution in [0.25, 0.3) is 0 Å². The van der Waals surface area contributed by atoms with Gasteiger partial charge in [-0.3, -0.25) is 24.5 Å². The van der Waals surface area contributed by atoms with Crippen LogP contribution in [-0.2, 0) is 4.79 Å². The van der Waals surface area contributed by atoms with E-state index in [1.165, 1.54) is 30.3 Å². The molecule has 2 heterocycles. The first-order valence-electron chi connectivity index (χ1n) is 11.6. The highest BCUT2D eigenvalue weighted by atomic mass is 16.4. The molecule has 2 aliphatic rings. The van der Waals surface area contributed by atoms with E-state index in [0.717, 1.165) is 17.4 Å². The summed E-state index contributed by atoms with van der Waals surface area (Å²) in [6.07, 6.45) is 1.45. The number of anilines is 3. The van der Waals surface area contributed by atoms with Crippen molar-refractivity contribution >= 4 is 46.7 Å². The molecule has 0 bridgehead atoms. The number of nitrogens with one attached hydrogen (secondary N) is 3. The average molecular weight is 498 g/mol. The van der Waals surface area contributed by atoms with Gasteiger partial charge in [0.1, 0.15) is 0 Å². The lowest BCUT2D eigenvalue weighted by atomic mass is 10.1. The highest BCUT2D eigenvalue weighted by molar-refractivity contribution is 6.35. The monoisotopic (exact) mass is 498 g/mol. The molecule has 0 radical (unpaired) electrons. The number of hydrogen-bond donors (Lipinski definition) is 4. The molecule has 0 spiro atoms. The van der Waals surface area contributed by atoms with Crippen LogP contribution in [0.5, 0.6) is 0 Å². The van der Waals surface area contributed by atoms with Gasteiger partial charge in [-0.15, -0.1) is 0 Å². The van der Waals surface area contributed by atoms with E-state index in [-0.39, 0.29) is 27.9 Å². The lowest BCUT2D eigenvalue weighted by Gasteiger charge is -2.18. The number of benzene rings is 3. The topological polar surface area (TPSA) is 145 Å². The first-order chi connectivity index (χ1) is 17.8. The van der Waals surface area contributed by atoms with Crippen molar-refractivity contribution < 1.29 is 29.1 Å². The number of nitrogens with zero attached hydrogens (tertiary/aromatic N) is 1. The third kappa shape index (κ3) is 4.69. The molecule has 0 unspecified atom stereocenters. The third-order valence-electron chi connectivity index (χ3n) is 6.25. The van der Waals surface area contributed by atoms with E-state index in [4.69, 9.17) is 0 Å². The lowest BCUT2D eigenvalue weighted by Crippen LogP contribution is -2.43. The van der Waals surface area contributed by atoms with Gasteiger partial charge in [-0.25, -0.2) is 9.69 Å². The summed E-state index contributed by atoms with van der Waals surface area (Å²) in [5.74, 6) is -3.71. The van der Waals surface area contributed by atoms with Gasteiger partial charge in [-0.05, 0) is 67.9 Å². The summed E-state index contributed by atoms with van der Waals surface area (Å²) >= 11 is 0. The number of aromatic carboxylic acids is 1. The van der Waals surface area contributed by atoms with Gasteiger partial charge >= 0.3 is 5.97 Å². The highest BCUT2D eigenvalue weighted by Crippen LogP contribution is 2.32. The van der Waals surface area contributed by atoms with Crippen LogP contribution in [0.2, 0.25) is 0 Å². The Morgan fingerprint density at radius 3 is 2.32 bits per heavy atom.